The molecule has 1 aliphatic heterocycles. The third-order valence-electron chi connectivity index (χ3n) is 7.69. The van der Waals surface area contributed by atoms with Crippen LogP contribution in [0.4, 0.5) is 0 Å². The Morgan fingerprint density at radius 2 is 1.46 bits per heavy atom. The molecule has 0 saturated heterocycles. The first kappa shape index (κ1) is 23.4. The molecule has 2 amide bonds. The highest BCUT2D eigenvalue weighted by Crippen LogP contribution is 2.34. The lowest BCUT2D eigenvalue weighted by Crippen LogP contribution is -2.64. The van der Waals surface area contributed by atoms with E-state index >= 15 is 0 Å². The zero-order valence-corrected chi connectivity index (χ0v) is 20.6. The molecule has 1 aliphatic carbocycles. The molecule has 1 fully saturated rings. The smallest absolute Gasteiger partial charge is 0.271 e. The van der Waals surface area contributed by atoms with E-state index in [1.807, 2.05) is 72.2 Å². The van der Waals surface area contributed by atoms with Crippen molar-refractivity contribution < 1.29 is 9.59 Å². The molecule has 1 saturated carbocycles. The van der Waals surface area contributed by atoms with E-state index in [4.69, 9.17) is 0 Å². The van der Waals surface area contributed by atoms with Gasteiger partial charge in [-0.1, -0.05) is 92.8 Å². The highest BCUT2D eigenvalue weighted by Gasteiger charge is 2.48. The van der Waals surface area contributed by atoms with E-state index in [1.165, 1.54) is 19.3 Å². The molecule has 2 aliphatic rings. The third-order valence-corrected chi connectivity index (χ3v) is 7.69. The van der Waals surface area contributed by atoms with Crippen LogP contribution in [0.2, 0.25) is 0 Å². The van der Waals surface area contributed by atoms with Crippen molar-refractivity contribution in [3.8, 4) is 11.3 Å². The largest absolute Gasteiger partial charge is 0.351 e. The Hall–Kier alpha value is -3.34. The molecule has 5 rings (SSSR count). The minimum Gasteiger partial charge on any atom is -0.351 e. The molecule has 0 radical (unpaired) electrons. The van der Waals surface area contributed by atoms with Gasteiger partial charge in [0.2, 0.25) is 5.91 Å². The molecule has 35 heavy (non-hydrogen) atoms. The minimum absolute atomic E-state index is 0.0503. The molecular weight excluding hydrogens is 434 g/mol. The first-order valence-electron chi connectivity index (χ1n) is 13.0. The molecule has 0 spiro atoms. The number of rotatable bonds is 5. The second kappa shape index (κ2) is 10.1. The lowest BCUT2D eigenvalue weighted by molar-refractivity contribution is -0.134. The van der Waals surface area contributed by atoms with Gasteiger partial charge in [0, 0.05) is 18.3 Å². The van der Waals surface area contributed by atoms with E-state index < -0.39 is 5.54 Å². The maximum atomic E-state index is 14.0. The number of benzene rings is 2. The summed E-state index contributed by atoms with van der Waals surface area (Å²) in [7, 11) is 0. The molecule has 3 aromatic rings. The summed E-state index contributed by atoms with van der Waals surface area (Å²) >= 11 is 0. The lowest BCUT2D eigenvalue weighted by atomic mass is 9.91. The van der Waals surface area contributed by atoms with Crippen LogP contribution in [0.15, 0.2) is 72.8 Å². The van der Waals surface area contributed by atoms with Crippen LogP contribution in [0.5, 0.6) is 0 Å². The first-order chi connectivity index (χ1) is 17.1. The van der Waals surface area contributed by atoms with Crippen LogP contribution < -0.4 is 5.32 Å². The maximum absolute atomic E-state index is 14.0. The monoisotopic (exact) mass is 469 g/mol. The van der Waals surface area contributed by atoms with Gasteiger partial charge in [0.25, 0.3) is 5.91 Å². The van der Waals surface area contributed by atoms with Gasteiger partial charge < -0.3 is 14.8 Å². The number of hydrogen-bond donors (Lipinski definition) is 1. The van der Waals surface area contributed by atoms with Crippen LogP contribution in [0.25, 0.3) is 11.3 Å². The fraction of sp³-hybridized carbons (Fsp3) is 0.400. The van der Waals surface area contributed by atoms with Crippen molar-refractivity contribution >= 4 is 11.8 Å². The summed E-state index contributed by atoms with van der Waals surface area (Å²) in [4.78, 5) is 29.7. The molecule has 5 nitrogen and oxygen atoms in total. The lowest BCUT2D eigenvalue weighted by Gasteiger charge is -2.45. The van der Waals surface area contributed by atoms with Gasteiger partial charge in [-0.25, -0.2) is 0 Å². The van der Waals surface area contributed by atoms with Gasteiger partial charge >= 0.3 is 0 Å². The van der Waals surface area contributed by atoms with E-state index in [1.54, 1.807) is 4.90 Å². The van der Waals surface area contributed by atoms with Gasteiger partial charge in [-0.15, -0.1) is 0 Å². The Kier molecular flexibility index (Phi) is 6.76. The van der Waals surface area contributed by atoms with Crippen LogP contribution >= 0.6 is 0 Å². The van der Waals surface area contributed by atoms with Crippen molar-refractivity contribution in [2.45, 2.75) is 76.5 Å². The van der Waals surface area contributed by atoms with Crippen LogP contribution in [0.1, 0.15) is 67.9 Å². The van der Waals surface area contributed by atoms with Gasteiger partial charge in [0.1, 0.15) is 11.2 Å². The summed E-state index contributed by atoms with van der Waals surface area (Å²) in [6, 6.07) is 24.1. The van der Waals surface area contributed by atoms with Crippen LogP contribution in [0, 0.1) is 0 Å². The van der Waals surface area contributed by atoms with E-state index in [2.05, 4.69) is 17.4 Å². The van der Waals surface area contributed by atoms with Crippen molar-refractivity contribution in [2.75, 3.05) is 0 Å². The Morgan fingerprint density at radius 1 is 0.857 bits per heavy atom. The van der Waals surface area contributed by atoms with Gasteiger partial charge in [0.05, 0.1) is 6.54 Å². The molecule has 1 atom stereocenters. The van der Waals surface area contributed by atoms with E-state index in [0.717, 1.165) is 42.5 Å². The quantitative estimate of drug-likeness (QED) is 0.514. The first-order valence-corrected chi connectivity index (χ1v) is 13.0. The molecule has 2 heterocycles. The Labute approximate surface area is 208 Å². The minimum atomic E-state index is -0.995. The van der Waals surface area contributed by atoms with Crippen molar-refractivity contribution in [3.63, 3.8) is 0 Å². The second-order valence-corrected chi connectivity index (χ2v) is 10.2. The number of carbonyl (C=O) groups is 2. The number of fused-ring (bicyclic) bond motifs is 1. The average Bonchev–Trinajstić information content (AvgIpc) is 3.28. The topological polar surface area (TPSA) is 54.3 Å². The standard InChI is InChI=1S/C30H35N3O2/c1-30(29(35)31-25-17-11-3-2-4-12-18-25)22-32-26(24-15-9-6-10-16-24)19-20-27(32)28(34)33(30)21-23-13-7-5-8-14-23/h5-10,13-16,19-20,25H,2-4,11-12,17-18,21-22H2,1H3,(H,31,35)/t30-/m1/s1. The fourth-order valence-corrected chi connectivity index (χ4v) is 5.59. The molecule has 0 unspecified atom stereocenters. The SMILES string of the molecule is C[C@]1(C(=O)NC2CCCCCCC2)Cn2c(ccc2-c2ccccc2)C(=O)N1Cc1ccccc1. The van der Waals surface area contributed by atoms with E-state index in [9.17, 15) is 9.59 Å². The number of hydrogen-bond acceptors (Lipinski definition) is 2. The van der Waals surface area contributed by atoms with Gasteiger partial charge in [-0.2, -0.15) is 0 Å². The zero-order valence-electron chi connectivity index (χ0n) is 20.6. The number of amides is 2. The van der Waals surface area contributed by atoms with Crippen LogP contribution in [-0.4, -0.2) is 32.9 Å². The molecule has 0 bridgehead atoms. The molecule has 1 N–H and O–H groups in total. The highest BCUT2D eigenvalue weighted by molar-refractivity contribution is 6.00. The number of nitrogens with zero attached hydrogens (tertiary/aromatic N) is 2. The summed E-state index contributed by atoms with van der Waals surface area (Å²) in [5, 5.41) is 3.37. The number of nitrogens with one attached hydrogen (secondary N) is 1. The number of aromatic nitrogens is 1. The summed E-state index contributed by atoms with van der Waals surface area (Å²) in [6.45, 7) is 2.76. The fourth-order valence-electron chi connectivity index (χ4n) is 5.59. The third kappa shape index (κ3) is 4.77. The molecule has 182 valence electrons. The maximum Gasteiger partial charge on any atom is 0.271 e. The summed E-state index contributed by atoms with van der Waals surface area (Å²) in [5.74, 6) is -0.150. The summed E-state index contributed by atoms with van der Waals surface area (Å²) in [5.41, 5.74) is 2.68. The van der Waals surface area contributed by atoms with Crippen molar-refractivity contribution in [3.05, 3.63) is 84.1 Å². The predicted octanol–water partition coefficient (Wildman–Crippen LogP) is 5.80. The van der Waals surface area contributed by atoms with Gasteiger partial charge in [0.15, 0.2) is 0 Å². The van der Waals surface area contributed by atoms with Crippen molar-refractivity contribution in [1.82, 2.24) is 14.8 Å². The van der Waals surface area contributed by atoms with Crippen LogP contribution in [-0.2, 0) is 17.9 Å². The Morgan fingerprint density at radius 3 is 2.14 bits per heavy atom. The zero-order chi connectivity index (χ0) is 24.3. The van der Waals surface area contributed by atoms with Crippen molar-refractivity contribution in [1.29, 1.82) is 0 Å². The molecular formula is C30H35N3O2. The molecule has 5 heteroatoms. The Balaban J connectivity index is 1.50. The summed E-state index contributed by atoms with van der Waals surface area (Å²) in [6.07, 6.45) is 8.07. The average molecular weight is 470 g/mol. The second-order valence-electron chi connectivity index (χ2n) is 10.2. The normalized spacial score (nSPS) is 21.2. The highest BCUT2D eigenvalue weighted by atomic mass is 16.2. The van der Waals surface area contributed by atoms with Crippen LogP contribution in [0.3, 0.4) is 0 Å². The van der Waals surface area contributed by atoms with E-state index in [0.29, 0.717) is 18.8 Å². The van der Waals surface area contributed by atoms with Gasteiger partial charge in [-0.3, -0.25) is 9.59 Å². The summed E-state index contributed by atoms with van der Waals surface area (Å²) < 4.78 is 2.04. The van der Waals surface area contributed by atoms with Gasteiger partial charge in [-0.05, 0) is 43.0 Å². The van der Waals surface area contributed by atoms with Crippen molar-refractivity contribution in [2.24, 2.45) is 0 Å². The molecule has 2 aromatic carbocycles. The predicted molar refractivity (Wildman–Crippen MR) is 139 cm³/mol. The molecule has 1 aromatic heterocycles. The van der Waals surface area contributed by atoms with E-state index in [-0.39, 0.29) is 17.9 Å². The number of carbonyl (C=O) groups excluding carboxylic acids is 2. The Bertz CT molecular complexity index is 1160.